The van der Waals surface area contributed by atoms with E-state index in [0.717, 1.165) is 23.1 Å². The molecule has 3 aromatic rings. The number of aryl methyl sites for hydroxylation is 2. The van der Waals surface area contributed by atoms with Gasteiger partial charge in [-0.2, -0.15) is 4.98 Å². The topological polar surface area (TPSA) is 100.0 Å². The van der Waals surface area contributed by atoms with Crippen LogP contribution in [0.5, 0.6) is 6.08 Å². The average Bonchev–Trinajstić information content (AvgIpc) is 3.17. The molecule has 2 N–H and O–H groups in total. The fourth-order valence-corrected chi connectivity index (χ4v) is 4.22. The van der Waals surface area contributed by atoms with Crippen LogP contribution in [0, 0.1) is 0 Å². The Morgan fingerprint density at radius 3 is 2.83 bits per heavy atom. The number of nitrogens with zero attached hydrogens (tertiary/aromatic N) is 4. The molecule has 0 fully saturated rings. The highest BCUT2D eigenvalue weighted by Crippen LogP contribution is 2.37. The molecule has 24 heavy (non-hydrogen) atoms. The summed E-state index contributed by atoms with van der Waals surface area (Å²) in [6.45, 7) is 4.14. The Morgan fingerprint density at radius 1 is 1.21 bits per heavy atom. The van der Waals surface area contributed by atoms with Crippen LogP contribution in [0.3, 0.4) is 0 Å². The fourth-order valence-electron chi connectivity index (χ4n) is 2.94. The highest BCUT2D eigenvalue weighted by atomic mass is 32.1. The van der Waals surface area contributed by atoms with Crippen LogP contribution in [0.25, 0.3) is 10.2 Å². The molecule has 0 aromatic carbocycles. The van der Waals surface area contributed by atoms with E-state index in [0.29, 0.717) is 17.5 Å². The number of fused-ring (bicyclic) bond motifs is 3. The lowest BCUT2D eigenvalue weighted by Crippen LogP contribution is -2.05. The van der Waals surface area contributed by atoms with Crippen LogP contribution in [-0.2, 0) is 19.4 Å². The zero-order valence-electron chi connectivity index (χ0n) is 13.7. The van der Waals surface area contributed by atoms with Crippen LogP contribution < -0.4 is 10.5 Å². The van der Waals surface area contributed by atoms with Crippen LogP contribution in [0.15, 0.2) is 4.52 Å². The molecule has 0 saturated carbocycles. The van der Waals surface area contributed by atoms with E-state index in [9.17, 15) is 0 Å². The van der Waals surface area contributed by atoms with Gasteiger partial charge < -0.3 is 10.5 Å². The van der Waals surface area contributed by atoms with E-state index in [1.54, 1.807) is 11.3 Å². The van der Waals surface area contributed by atoms with Gasteiger partial charge in [-0.25, -0.2) is 9.97 Å². The minimum atomic E-state index is 0.131. The zero-order chi connectivity index (χ0) is 16.7. The molecule has 3 aromatic heterocycles. The van der Waals surface area contributed by atoms with Gasteiger partial charge >= 0.3 is 6.08 Å². The number of hydrogen-bond acceptors (Lipinski definition) is 8. The van der Waals surface area contributed by atoms with Crippen molar-refractivity contribution in [2.45, 2.75) is 52.1 Å². The van der Waals surface area contributed by atoms with E-state index in [1.165, 1.54) is 23.3 Å². The fraction of sp³-hybridized carbons (Fsp3) is 0.500. The molecule has 4 rings (SSSR count). The quantitative estimate of drug-likeness (QED) is 0.774. The highest BCUT2D eigenvalue weighted by molar-refractivity contribution is 7.19. The molecule has 7 nitrogen and oxygen atoms in total. The Morgan fingerprint density at radius 2 is 2.04 bits per heavy atom. The molecule has 126 valence electrons. The smallest absolute Gasteiger partial charge is 0.417 e. The van der Waals surface area contributed by atoms with Crippen molar-refractivity contribution >= 4 is 27.4 Å². The van der Waals surface area contributed by atoms with Gasteiger partial charge in [-0.3, -0.25) is 4.52 Å². The Kier molecular flexibility index (Phi) is 3.84. The van der Waals surface area contributed by atoms with E-state index in [-0.39, 0.29) is 18.6 Å². The Bertz CT molecular complexity index is 886. The second-order valence-corrected chi connectivity index (χ2v) is 7.36. The molecule has 0 unspecified atom stereocenters. The van der Waals surface area contributed by atoms with Gasteiger partial charge in [0.15, 0.2) is 18.3 Å². The largest absolute Gasteiger partial charge is 0.441 e. The van der Waals surface area contributed by atoms with Crippen LogP contribution >= 0.6 is 11.3 Å². The maximum Gasteiger partial charge on any atom is 0.417 e. The number of aromatic nitrogens is 4. The Labute approximate surface area is 143 Å². The molecule has 0 amide bonds. The van der Waals surface area contributed by atoms with Gasteiger partial charge in [-0.15, -0.1) is 11.3 Å². The number of thiophene rings is 1. The number of rotatable bonds is 4. The number of nitrogen functional groups attached to an aromatic ring is 1. The van der Waals surface area contributed by atoms with Crippen molar-refractivity contribution in [1.82, 2.24) is 20.1 Å². The van der Waals surface area contributed by atoms with E-state index in [4.69, 9.17) is 15.0 Å². The summed E-state index contributed by atoms with van der Waals surface area (Å²) in [5.41, 5.74) is 7.52. The van der Waals surface area contributed by atoms with Crippen LogP contribution in [0.4, 0.5) is 5.82 Å². The lowest BCUT2D eigenvalue weighted by molar-refractivity contribution is 0.190. The first-order valence-corrected chi connectivity index (χ1v) is 8.96. The van der Waals surface area contributed by atoms with Crippen LogP contribution in [0.2, 0.25) is 0 Å². The summed E-state index contributed by atoms with van der Waals surface area (Å²) in [6.07, 6.45) is 4.75. The molecule has 0 bridgehead atoms. The number of nitrogens with two attached hydrogens (primary N) is 1. The third-order valence-corrected chi connectivity index (χ3v) is 5.34. The van der Waals surface area contributed by atoms with Gasteiger partial charge in [0.25, 0.3) is 0 Å². The minimum absolute atomic E-state index is 0.131. The van der Waals surface area contributed by atoms with E-state index in [1.807, 2.05) is 13.8 Å². The summed E-state index contributed by atoms with van der Waals surface area (Å²) in [5.74, 6) is 1.87. The van der Waals surface area contributed by atoms with Crippen molar-refractivity contribution in [3.8, 4) is 6.08 Å². The molecule has 3 heterocycles. The summed E-state index contributed by atoms with van der Waals surface area (Å²) in [6, 6.07) is 0. The third kappa shape index (κ3) is 2.71. The normalized spacial score (nSPS) is 14.3. The maximum absolute atomic E-state index is 6.19. The minimum Gasteiger partial charge on any atom is -0.441 e. The lowest BCUT2D eigenvalue weighted by atomic mass is 9.97. The highest BCUT2D eigenvalue weighted by Gasteiger charge is 2.20. The molecular formula is C16H19N5O2S. The molecule has 0 radical (unpaired) electrons. The number of anilines is 1. The summed E-state index contributed by atoms with van der Waals surface area (Å²) >= 11 is 1.72. The van der Waals surface area contributed by atoms with Crippen molar-refractivity contribution < 1.29 is 9.26 Å². The molecule has 0 aliphatic heterocycles. The summed E-state index contributed by atoms with van der Waals surface area (Å²) in [7, 11) is 0. The van der Waals surface area contributed by atoms with E-state index < -0.39 is 0 Å². The molecule has 1 aliphatic rings. The van der Waals surface area contributed by atoms with Crippen molar-refractivity contribution in [2.24, 2.45) is 0 Å². The van der Waals surface area contributed by atoms with Gasteiger partial charge in [0.1, 0.15) is 10.6 Å². The Hall–Kier alpha value is -2.22. The molecule has 0 spiro atoms. The third-order valence-electron chi connectivity index (χ3n) is 4.15. The standard InChI is InChI=1S/C16H19N5O2S/c1-8(2)14-20-16(23-21-14)22-7-11-18-13(17)12-9-5-3-4-6-10(9)24-15(12)19-11/h8H,3-7H2,1-2H3,(H2,17,18,19). The summed E-state index contributed by atoms with van der Waals surface area (Å²) in [5, 5.41) is 4.89. The van der Waals surface area contributed by atoms with Gasteiger partial charge in [0, 0.05) is 10.8 Å². The predicted molar refractivity (Wildman–Crippen MR) is 91.2 cm³/mol. The van der Waals surface area contributed by atoms with Crippen LogP contribution in [-0.4, -0.2) is 20.1 Å². The lowest BCUT2D eigenvalue weighted by Gasteiger charge is -2.10. The average molecular weight is 345 g/mol. The van der Waals surface area contributed by atoms with Crippen molar-refractivity contribution in [3.63, 3.8) is 0 Å². The van der Waals surface area contributed by atoms with E-state index in [2.05, 4.69) is 20.1 Å². The van der Waals surface area contributed by atoms with Gasteiger partial charge in [0.2, 0.25) is 0 Å². The maximum atomic E-state index is 6.19. The van der Waals surface area contributed by atoms with Crippen molar-refractivity contribution in [1.29, 1.82) is 0 Å². The molecule has 8 heteroatoms. The first kappa shape index (κ1) is 15.3. The van der Waals surface area contributed by atoms with Gasteiger partial charge in [0.05, 0.1) is 5.39 Å². The molecule has 1 aliphatic carbocycles. The number of ether oxygens (including phenoxy) is 1. The summed E-state index contributed by atoms with van der Waals surface area (Å²) < 4.78 is 10.6. The molecular weight excluding hydrogens is 326 g/mol. The first-order valence-electron chi connectivity index (χ1n) is 8.15. The zero-order valence-corrected chi connectivity index (χ0v) is 14.5. The number of hydrogen-bond donors (Lipinski definition) is 1. The van der Waals surface area contributed by atoms with Crippen molar-refractivity contribution in [3.05, 3.63) is 22.1 Å². The second kappa shape index (κ2) is 6.01. The van der Waals surface area contributed by atoms with Crippen molar-refractivity contribution in [2.75, 3.05) is 5.73 Å². The van der Waals surface area contributed by atoms with Crippen LogP contribution in [0.1, 0.15) is 54.7 Å². The second-order valence-electron chi connectivity index (χ2n) is 6.28. The summed E-state index contributed by atoms with van der Waals surface area (Å²) in [4.78, 5) is 15.5. The monoisotopic (exact) mass is 345 g/mol. The predicted octanol–water partition coefficient (Wildman–Crippen LogP) is 3.24. The SMILES string of the molecule is CC(C)c1noc(OCc2nc(N)c3c4c(sc3n2)CCCC4)n1. The molecule has 0 atom stereocenters. The van der Waals surface area contributed by atoms with E-state index >= 15 is 0 Å². The van der Waals surface area contributed by atoms with Gasteiger partial charge in [-0.05, 0) is 31.2 Å². The van der Waals surface area contributed by atoms with Gasteiger partial charge in [-0.1, -0.05) is 19.0 Å². The first-order chi connectivity index (χ1) is 11.6. The molecule has 0 saturated heterocycles. The Balaban J connectivity index is 1.58.